The molecule has 2 atom stereocenters. The molecule has 0 aromatic carbocycles. The number of nitro groups is 1. The van der Waals surface area contributed by atoms with E-state index in [-0.39, 0.29) is 22.8 Å². The second-order valence-corrected chi connectivity index (χ2v) is 6.51. The highest BCUT2D eigenvalue weighted by molar-refractivity contribution is 6.29. The van der Waals surface area contributed by atoms with Crippen molar-refractivity contribution in [1.29, 1.82) is 0 Å². The van der Waals surface area contributed by atoms with Crippen molar-refractivity contribution >= 4 is 11.6 Å². The zero-order chi connectivity index (χ0) is 18.6. The molecule has 2 heterocycles. The van der Waals surface area contributed by atoms with Crippen molar-refractivity contribution in [1.82, 2.24) is 14.8 Å². The maximum absolute atomic E-state index is 11.7. The molecule has 138 valence electrons. The lowest BCUT2D eigenvalue weighted by atomic mass is 9.97. The summed E-state index contributed by atoms with van der Waals surface area (Å²) in [6.07, 6.45) is 2.13. The van der Waals surface area contributed by atoms with E-state index in [1.165, 1.54) is 0 Å². The van der Waals surface area contributed by atoms with Crippen LogP contribution in [0, 0.1) is 16.0 Å². The number of rotatable bonds is 7. The van der Waals surface area contributed by atoms with Gasteiger partial charge in [-0.15, -0.1) is 0 Å². The first-order valence-corrected chi connectivity index (χ1v) is 8.85. The van der Waals surface area contributed by atoms with Crippen LogP contribution in [-0.2, 0) is 11.3 Å². The van der Waals surface area contributed by atoms with Crippen LogP contribution < -0.4 is 0 Å². The Bertz CT molecular complexity index is 635. The second kappa shape index (κ2) is 8.49. The van der Waals surface area contributed by atoms with Gasteiger partial charge in [-0.05, 0) is 25.5 Å². The van der Waals surface area contributed by atoms with Crippen molar-refractivity contribution < 1.29 is 9.66 Å². The summed E-state index contributed by atoms with van der Waals surface area (Å²) in [5.74, 6) is 0.426. The molecule has 25 heavy (non-hydrogen) atoms. The van der Waals surface area contributed by atoms with Crippen LogP contribution >= 0.6 is 11.6 Å². The molecular formula is C17H25ClN4O3. The van der Waals surface area contributed by atoms with Gasteiger partial charge in [-0.2, -0.15) is 0 Å². The molecular weight excluding hydrogens is 344 g/mol. The summed E-state index contributed by atoms with van der Waals surface area (Å²) in [5, 5.41) is 12.2. The highest BCUT2D eigenvalue weighted by Crippen LogP contribution is 2.34. The van der Waals surface area contributed by atoms with E-state index in [4.69, 9.17) is 16.3 Å². The number of hydrogen-bond donors (Lipinski definition) is 0. The zero-order valence-electron chi connectivity index (χ0n) is 15.1. The Morgan fingerprint density at radius 2 is 2.20 bits per heavy atom. The van der Waals surface area contributed by atoms with Crippen molar-refractivity contribution in [2.24, 2.45) is 5.92 Å². The number of halogens is 1. The van der Waals surface area contributed by atoms with Gasteiger partial charge in [-0.3, -0.25) is 10.1 Å². The number of ether oxygens (including phenoxy) is 1. The minimum atomic E-state index is -0.262. The van der Waals surface area contributed by atoms with E-state index in [9.17, 15) is 10.1 Å². The van der Waals surface area contributed by atoms with Crippen LogP contribution in [0.3, 0.4) is 0 Å². The topological polar surface area (TPSA) is 71.7 Å². The lowest BCUT2D eigenvalue weighted by molar-refractivity contribution is -0.440. The van der Waals surface area contributed by atoms with Crippen molar-refractivity contribution in [2.45, 2.75) is 40.0 Å². The van der Waals surface area contributed by atoms with Gasteiger partial charge in [-0.1, -0.05) is 24.6 Å². The molecule has 1 aromatic rings. The second-order valence-electron chi connectivity index (χ2n) is 6.13. The van der Waals surface area contributed by atoms with Gasteiger partial charge in [0.2, 0.25) is 0 Å². The van der Waals surface area contributed by atoms with Crippen LogP contribution in [0.2, 0.25) is 5.15 Å². The van der Waals surface area contributed by atoms with Gasteiger partial charge < -0.3 is 14.5 Å². The molecule has 0 spiro atoms. The number of allylic oxidation sites excluding steroid dienone is 1. The van der Waals surface area contributed by atoms with Crippen molar-refractivity contribution in [3.63, 3.8) is 0 Å². The first kappa shape index (κ1) is 19.5. The normalized spacial score (nSPS) is 20.8. The average molecular weight is 369 g/mol. The lowest BCUT2D eigenvalue weighted by Gasteiger charge is -2.41. The minimum absolute atomic E-state index is 0.170. The number of pyridine rings is 1. The number of nitrogens with zero attached hydrogens (tertiary/aromatic N) is 4. The Morgan fingerprint density at radius 1 is 1.48 bits per heavy atom. The summed E-state index contributed by atoms with van der Waals surface area (Å²) in [6.45, 7) is 7.51. The summed E-state index contributed by atoms with van der Waals surface area (Å²) >= 11 is 5.84. The third kappa shape index (κ3) is 4.41. The molecule has 0 radical (unpaired) electrons. The maximum atomic E-state index is 11.7. The minimum Gasteiger partial charge on any atom is -0.359 e. The molecule has 0 saturated carbocycles. The van der Waals surface area contributed by atoms with Crippen LogP contribution in [0.1, 0.15) is 32.8 Å². The summed E-state index contributed by atoms with van der Waals surface area (Å²) in [5.41, 5.74) is 1.18. The smallest absolute Gasteiger partial charge is 0.289 e. The fourth-order valence-corrected chi connectivity index (χ4v) is 3.30. The van der Waals surface area contributed by atoms with Crippen molar-refractivity contribution in [3.8, 4) is 0 Å². The molecule has 2 rings (SSSR count). The van der Waals surface area contributed by atoms with Gasteiger partial charge in [0.15, 0.2) is 5.82 Å². The van der Waals surface area contributed by atoms with Crippen molar-refractivity contribution in [3.05, 3.63) is 50.7 Å². The molecule has 8 heteroatoms. The van der Waals surface area contributed by atoms with Crippen LogP contribution in [-0.4, -0.2) is 46.1 Å². The molecule has 1 aliphatic heterocycles. The first-order chi connectivity index (χ1) is 11.9. The zero-order valence-corrected chi connectivity index (χ0v) is 15.9. The summed E-state index contributed by atoms with van der Waals surface area (Å²) in [7, 11) is 1.85. The maximum Gasteiger partial charge on any atom is 0.289 e. The van der Waals surface area contributed by atoms with E-state index in [0.717, 1.165) is 5.56 Å². The number of aromatic nitrogens is 1. The molecule has 0 fully saturated rings. The largest absolute Gasteiger partial charge is 0.359 e. The Morgan fingerprint density at radius 3 is 2.72 bits per heavy atom. The molecule has 2 unspecified atom stereocenters. The van der Waals surface area contributed by atoms with Crippen LogP contribution in [0.5, 0.6) is 0 Å². The van der Waals surface area contributed by atoms with Gasteiger partial charge in [0, 0.05) is 39.4 Å². The van der Waals surface area contributed by atoms with E-state index >= 15 is 0 Å². The molecule has 1 aliphatic rings. The van der Waals surface area contributed by atoms with E-state index in [0.29, 0.717) is 37.1 Å². The average Bonchev–Trinajstić information content (AvgIpc) is 2.57. The first-order valence-electron chi connectivity index (χ1n) is 8.47. The molecule has 0 saturated heterocycles. The SMILES string of the molecule is CCOC1CC(C)C([N+](=O)[O-])=C(N(CC)Cc2ccc(Cl)nc2)N1C. The summed E-state index contributed by atoms with van der Waals surface area (Å²) in [4.78, 5) is 19.4. The van der Waals surface area contributed by atoms with Gasteiger partial charge in [-0.25, -0.2) is 4.98 Å². The van der Waals surface area contributed by atoms with E-state index in [1.807, 2.05) is 43.7 Å². The third-order valence-electron chi connectivity index (χ3n) is 4.42. The van der Waals surface area contributed by atoms with Crippen molar-refractivity contribution in [2.75, 3.05) is 20.2 Å². The molecule has 0 amide bonds. The standard InChI is InChI=1S/C17H25ClN4O3/c1-5-21(11-13-7-8-14(18)19-10-13)17-16(22(23)24)12(3)9-15(20(17)4)25-6-2/h7-8,10,12,15H,5-6,9,11H2,1-4H3. The Balaban J connectivity index is 2.40. The Kier molecular flexibility index (Phi) is 6.61. The predicted octanol–water partition coefficient (Wildman–Crippen LogP) is 3.34. The summed E-state index contributed by atoms with van der Waals surface area (Å²) < 4.78 is 5.80. The Hall–Kier alpha value is -1.86. The predicted molar refractivity (Wildman–Crippen MR) is 96.3 cm³/mol. The molecule has 1 aromatic heterocycles. The van der Waals surface area contributed by atoms with Gasteiger partial charge >= 0.3 is 0 Å². The van der Waals surface area contributed by atoms with Gasteiger partial charge in [0.05, 0.1) is 10.8 Å². The van der Waals surface area contributed by atoms with E-state index in [2.05, 4.69) is 4.98 Å². The quantitative estimate of drug-likeness (QED) is 0.417. The third-order valence-corrected chi connectivity index (χ3v) is 4.64. The molecule has 0 aliphatic carbocycles. The van der Waals surface area contributed by atoms with Crippen LogP contribution in [0.15, 0.2) is 29.8 Å². The van der Waals surface area contributed by atoms with Crippen LogP contribution in [0.25, 0.3) is 0 Å². The highest BCUT2D eigenvalue weighted by atomic mass is 35.5. The van der Waals surface area contributed by atoms with E-state index < -0.39 is 0 Å². The lowest BCUT2D eigenvalue weighted by Crippen LogP contribution is -2.47. The number of hydrogen-bond acceptors (Lipinski definition) is 6. The highest BCUT2D eigenvalue weighted by Gasteiger charge is 2.40. The van der Waals surface area contributed by atoms with Crippen LogP contribution in [0.4, 0.5) is 0 Å². The fraction of sp³-hybridized carbons (Fsp3) is 0.588. The molecule has 0 N–H and O–H groups in total. The molecule has 0 bridgehead atoms. The monoisotopic (exact) mass is 368 g/mol. The summed E-state index contributed by atoms with van der Waals surface area (Å²) in [6, 6.07) is 3.61. The molecule has 7 nitrogen and oxygen atoms in total. The van der Waals surface area contributed by atoms with Gasteiger partial charge in [0.25, 0.3) is 5.70 Å². The fourth-order valence-electron chi connectivity index (χ4n) is 3.19. The Labute approximate surface area is 153 Å². The van der Waals surface area contributed by atoms with E-state index in [1.54, 1.807) is 12.3 Å². The van der Waals surface area contributed by atoms with Gasteiger partial charge in [0.1, 0.15) is 11.4 Å².